The Hall–Kier alpha value is -3.08. The Morgan fingerprint density at radius 2 is 1.73 bits per heavy atom. The van der Waals surface area contributed by atoms with Gasteiger partial charge in [-0.15, -0.1) is 0 Å². The van der Waals surface area contributed by atoms with Gasteiger partial charge in [0, 0.05) is 23.9 Å². The van der Waals surface area contributed by atoms with Crippen LogP contribution in [-0.4, -0.2) is 23.2 Å². The molecule has 1 heterocycles. The topological polar surface area (TPSA) is 40.5 Å². The first-order valence-electron chi connectivity index (χ1n) is 10.1. The van der Waals surface area contributed by atoms with Crippen LogP contribution >= 0.6 is 0 Å². The van der Waals surface area contributed by atoms with E-state index >= 15 is 0 Å². The highest BCUT2D eigenvalue weighted by molar-refractivity contribution is 5.97. The van der Waals surface area contributed by atoms with E-state index in [0.29, 0.717) is 29.8 Å². The minimum atomic E-state index is -0.662. The number of carbonyl (C=O) groups excluding carboxylic acids is 1. The minimum absolute atomic E-state index is 0.362. The maximum absolute atomic E-state index is 14.7. The molecule has 0 aliphatic heterocycles. The Labute approximate surface area is 177 Å². The largest absolute Gasteiger partial charge is 0.497 e. The second kappa shape index (κ2) is 8.74. The predicted molar refractivity (Wildman–Crippen MR) is 116 cm³/mol. The number of aromatic nitrogens is 1. The molecule has 0 unspecified atom stereocenters. The van der Waals surface area contributed by atoms with Crippen LogP contribution in [0.5, 0.6) is 5.75 Å². The van der Waals surface area contributed by atoms with E-state index < -0.39 is 11.6 Å². The molecule has 2 aromatic carbocycles. The third-order valence-corrected chi connectivity index (χ3v) is 4.79. The Morgan fingerprint density at radius 3 is 2.30 bits per heavy atom. The Bertz CT molecular complexity index is 1030. The van der Waals surface area contributed by atoms with E-state index in [4.69, 9.17) is 9.47 Å². The van der Waals surface area contributed by atoms with Crippen molar-refractivity contribution in [3.05, 3.63) is 77.4 Å². The van der Waals surface area contributed by atoms with Crippen LogP contribution in [0.1, 0.15) is 49.3 Å². The summed E-state index contributed by atoms with van der Waals surface area (Å²) < 4.78 is 27.5. The summed E-state index contributed by atoms with van der Waals surface area (Å²) in [7, 11) is 1.62. The van der Waals surface area contributed by atoms with E-state index in [1.165, 1.54) is 6.07 Å². The number of aryl methyl sites for hydroxylation is 1. The van der Waals surface area contributed by atoms with Crippen LogP contribution in [0.2, 0.25) is 0 Å². The van der Waals surface area contributed by atoms with E-state index in [9.17, 15) is 9.18 Å². The molecule has 0 radical (unpaired) electrons. The van der Waals surface area contributed by atoms with Gasteiger partial charge in [-0.3, -0.25) is 0 Å². The average molecular weight is 410 g/mol. The summed E-state index contributed by atoms with van der Waals surface area (Å²) in [6, 6.07) is 14.2. The lowest BCUT2D eigenvalue weighted by Gasteiger charge is -2.21. The van der Waals surface area contributed by atoms with Crippen LogP contribution in [0, 0.1) is 5.82 Å². The van der Waals surface area contributed by atoms with Crippen molar-refractivity contribution in [2.75, 3.05) is 7.11 Å². The van der Waals surface area contributed by atoms with E-state index in [-0.39, 0.29) is 5.82 Å². The number of halogens is 1. The third-order valence-electron chi connectivity index (χ3n) is 4.79. The summed E-state index contributed by atoms with van der Waals surface area (Å²) in [5, 5.41) is 0. The molecule has 30 heavy (non-hydrogen) atoms. The lowest BCUT2D eigenvalue weighted by atomic mass is 9.99. The van der Waals surface area contributed by atoms with Gasteiger partial charge in [0.25, 0.3) is 0 Å². The van der Waals surface area contributed by atoms with Gasteiger partial charge in [0.1, 0.15) is 22.9 Å². The van der Waals surface area contributed by atoms with Crippen LogP contribution in [0.4, 0.5) is 4.39 Å². The van der Waals surface area contributed by atoms with Crippen molar-refractivity contribution in [1.82, 2.24) is 4.57 Å². The normalized spacial score (nSPS) is 11.4. The van der Waals surface area contributed by atoms with Crippen LogP contribution < -0.4 is 4.74 Å². The summed E-state index contributed by atoms with van der Waals surface area (Å²) in [5.41, 5.74) is 2.60. The number of methoxy groups -OCH3 is 1. The number of carbonyl (C=O) groups is 1. The van der Waals surface area contributed by atoms with Crippen LogP contribution in [0.25, 0.3) is 11.1 Å². The lowest BCUT2D eigenvalue weighted by molar-refractivity contribution is 0.00592. The molecule has 0 aliphatic carbocycles. The molecule has 0 spiro atoms. The fourth-order valence-electron chi connectivity index (χ4n) is 3.44. The Kier molecular flexibility index (Phi) is 6.30. The molecule has 1 aromatic heterocycles. The second-order valence-corrected chi connectivity index (χ2v) is 8.19. The van der Waals surface area contributed by atoms with Gasteiger partial charge in [0.2, 0.25) is 0 Å². The summed E-state index contributed by atoms with van der Waals surface area (Å²) in [5.74, 6) is -0.0620. The predicted octanol–water partition coefficient (Wildman–Crippen LogP) is 5.87. The molecule has 3 rings (SSSR count). The van der Waals surface area contributed by atoms with Gasteiger partial charge in [-0.05, 0) is 56.5 Å². The van der Waals surface area contributed by atoms with Crippen molar-refractivity contribution in [2.45, 2.75) is 46.3 Å². The number of nitrogens with zero attached hydrogens (tertiary/aromatic N) is 1. The van der Waals surface area contributed by atoms with Gasteiger partial charge >= 0.3 is 5.97 Å². The van der Waals surface area contributed by atoms with E-state index in [0.717, 1.165) is 16.9 Å². The molecular formula is C25H28FNO3. The average Bonchev–Trinajstić information content (AvgIpc) is 3.05. The van der Waals surface area contributed by atoms with Gasteiger partial charge in [-0.1, -0.05) is 37.3 Å². The van der Waals surface area contributed by atoms with Crippen molar-refractivity contribution >= 4 is 5.97 Å². The number of ether oxygens (including phenoxy) is 2. The zero-order valence-electron chi connectivity index (χ0n) is 18.2. The lowest BCUT2D eigenvalue weighted by Crippen LogP contribution is -2.26. The van der Waals surface area contributed by atoms with Gasteiger partial charge in [0.15, 0.2) is 0 Å². The highest BCUT2D eigenvalue weighted by Gasteiger charge is 2.28. The molecule has 0 saturated heterocycles. The summed E-state index contributed by atoms with van der Waals surface area (Å²) in [6.45, 7) is 7.93. The van der Waals surface area contributed by atoms with E-state index in [2.05, 4.69) is 0 Å². The number of benzene rings is 2. The molecule has 4 nitrogen and oxygen atoms in total. The summed E-state index contributed by atoms with van der Waals surface area (Å²) >= 11 is 0. The van der Waals surface area contributed by atoms with Gasteiger partial charge in [0.05, 0.1) is 7.11 Å². The van der Waals surface area contributed by atoms with Crippen LogP contribution in [0.3, 0.4) is 0 Å². The zero-order chi connectivity index (χ0) is 21.9. The Morgan fingerprint density at radius 1 is 1.07 bits per heavy atom. The molecule has 0 N–H and O–H groups in total. The van der Waals surface area contributed by atoms with Crippen molar-refractivity contribution < 1.29 is 18.7 Å². The molecule has 0 fully saturated rings. The third kappa shape index (κ3) is 4.73. The number of hydrogen-bond donors (Lipinski definition) is 0. The van der Waals surface area contributed by atoms with Crippen molar-refractivity contribution in [2.24, 2.45) is 0 Å². The monoisotopic (exact) mass is 409 g/mol. The van der Waals surface area contributed by atoms with Gasteiger partial charge in [-0.25, -0.2) is 9.18 Å². The first kappa shape index (κ1) is 21.6. The molecule has 3 aromatic rings. The smallest absolute Gasteiger partial charge is 0.356 e. The molecule has 0 bridgehead atoms. The van der Waals surface area contributed by atoms with Crippen LogP contribution in [0.15, 0.2) is 54.7 Å². The molecule has 0 aliphatic rings. The second-order valence-electron chi connectivity index (χ2n) is 8.19. The number of rotatable bonds is 6. The molecule has 0 saturated carbocycles. The van der Waals surface area contributed by atoms with Gasteiger partial charge < -0.3 is 14.0 Å². The van der Waals surface area contributed by atoms with E-state index in [1.807, 2.05) is 62.7 Å². The maximum atomic E-state index is 14.7. The maximum Gasteiger partial charge on any atom is 0.356 e. The molecule has 5 heteroatoms. The van der Waals surface area contributed by atoms with E-state index in [1.54, 1.807) is 25.3 Å². The highest BCUT2D eigenvalue weighted by Crippen LogP contribution is 2.34. The SMILES string of the molecule is CCc1cn(Cc2ccc(OC)cc2)c(C(=O)OC(C)(C)C)c1-c1ccccc1F. The summed E-state index contributed by atoms with van der Waals surface area (Å²) in [4.78, 5) is 13.2. The standard InChI is InChI=1S/C25H28FNO3/c1-6-18-16-27(15-17-11-13-19(29-5)14-12-17)23(24(28)30-25(2,3)4)22(18)20-9-7-8-10-21(20)26/h7-14,16H,6,15H2,1-5H3. The Balaban J connectivity index is 2.15. The molecule has 0 atom stereocenters. The highest BCUT2D eigenvalue weighted by atomic mass is 19.1. The van der Waals surface area contributed by atoms with Crippen molar-refractivity contribution in [3.63, 3.8) is 0 Å². The fourth-order valence-corrected chi connectivity index (χ4v) is 3.44. The zero-order valence-corrected chi connectivity index (χ0v) is 18.2. The number of hydrogen-bond acceptors (Lipinski definition) is 3. The summed E-state index contributed by atoms with van der Waals surface area (Å²) in [6.07, 6.45) is 2.58. The quantitative estimate of drug-likeness (QED) is 0.478. The molecule has 158 valence electrons. The first-order chi connectivity index (χ1) is 14.2. The van der Waals surface area contributed by atoms with Crippen molar-refractivity contribution in [1.29, 1.82) is 0 Å². The number of esters is 1. The fraction of sp³-hybridized carbons (Fsp3) is 0.320. The molecular weight excluding hydrogens is 381 g/mol. The first-order valence-corrected chi connectivity index (χ1v) is 10.1. The van der Waals surface area contributed by atoms with Crippen LogP contribution in [-0.2, 0) is 17.7 Å². The minimum Gasteiger partial charge on any atom is -0.497 e. The van der Waals surface area contributed by atoms with Gasteiger partial charge in [-0.2, -0.15) is 0 Å². The van der Waals surface area contributed by atoms with Crippen molar-refractivity contribution in [3.8, 4) is 16.9 Å². The molecule has 0 amide bonds.